The highest BCUT2D eigenvalue weighted by molar-refractivity contribution is 7.99. The highest BCUT2D eigenvalue weighted by Crippen LogP contribution is 2.33. The molecule has 0 bridgehead atoms. The molecule has 0 amide bonds. The monoisotopic (exact) mass is 384 g/mol. The van der Waals surface area contributed by atoms with E-state index in [2.05, 4.69) is 25.9 Å². The number of nitrogens with two attached hydrogens (primary N) is 1. The van der Waals surface area contributed by atoms with E-state index in [4.69, 9.17) is 15.5 Å². The molecule has 1 unspecified atom stereocenters. The summed E-state index contributed by atoms with van der Waals surface area (Å²) in [5.41, 5.74) is 7.52. The third-order valence-electron chi connectivity index (χ3n) is 4.94. The van der Waals surface area contributed by atoms with Gasteiger partial charge in [-0.3, -0.25) is 0 Å². The number of aryl methyl sites for hydroxylation is 1. The van der Waals surface area contributed by atoms with E-state index in [1.807, 2.05) is 18.2 Å². The molecule has 1 atom stereocenters. The maximum Gasteiger partial charge on any atom is 0.175 e. The van der Waals surface area contributed by atoms with Gasteiger partial charge in [0.1, 0.15) is 12.1 Å². The molecule has 4 rings (SSSR count). The minimum absolute atomic E-state index is 0.422. The number of nitrogens with zero attached hydrogens (tertiary/aromatic N) is 4. The number of benzene rings is 1. The van der Waals surface area contributed by atoms with Crippen molar-refractivity contribution in [3.05, 3.63) is 30.6 Å². The summed E-state index contributed by atoms with van der Waals surface area (Å²) < 4.78 is 7.51. The lowest BCUT2D eigenvalue weighted by molar-refractivity contribution is 0.339. The van der Waals surface area contributed by atoms with Gasteiger partial charge in [0.2, 0.25) is 0 Å². The fourth-order valence-electron chi connectivity index (χ4n) is 3.47. The minimum Gasteiger partial charge on any atom is -0.497 e. The van der Waals surface area contributed by atoms with Crippen LogP contribution in [0.3, 0.4) is 0 Å². The fourth-order valence-corrected chi connectivity index (χ4v) is 4.42. The van der Waals surface area contributed by atoms with E-state index in [9.17, 15) is 0 Å². The van der Waals surface area contributed by atoms with Gasteiger partial charge in [0.05, 0.1) is 7.11 Å². The quantitative estimate of drug-likeness (QED) is 0.675. The zero-order chi connectivity index (χ0) is 18.6. The molecule has 3 aromatic rings. The number of nitrogen functional groups attached to an aromatic ring is 1. The lowest BCUT2D eigenvalue weighted by Gasteiger charge is -2.23. The second-order valence-corrected chi connectivity index (χ2v) is 7.80. The SMILES string of the molecule is COc1cccc(Sc2nc3c(N)ncnc3n2CCC2CCCNC2)c1. The van der Waals surface area contributed by atoms with Crippen LogP contribution in [0.25, 0.3) is 11.2 Å². The molecule has 1 aromatic carbocycles. The summed E-state index contributed by atoms with van der Waals surface area (Å²) in [6.07, 6.45) is 5.12. The summed E-state index contributed by atoms with van der Waals surface area (Å²) in [6.45, 7) is 3.08. The Morgan fingerprint density at radius 3 is 3.11 bits per heavy atom. The van der Waals surface area contributed by atoms with Gasteiger partial charge < -0.3 is 20.4 Å². The van der Waals surface area contributed by atoms with Crippen molar-refractivity contribution in [1.82, 2.24) is 24.8 Å². The first kappa shape index (κ1) is 18.1. The summed E-state index contributed by atoms with van der Waals surface area (Å²) in [5, 5.41) is 4.37. The number of ether oxygens (including phenoxy) is 1. The number of aromatic nitrogens is 4. The number of fused-ring (bicyclic) bond motifs is 1. The average molecular weight is 385 g/mol. The van der Waals surface area contributed by atoms with Crippen LogP contribution in [0, 0.1) is 5.92 Å². The van der Waals surface area contributed by atoms with Crippen molar-refractivity contribution in [2.45, 2.75) is 35.9 Å². The third kappa shape index (κ3) is 4.01. The van der Waals surface area contributed by atoms with E-state index in [1.54, 1.807) is 18.9 Å². The van der Waals surface area contributed by atoms with E-state index in [0.717, 1.165) is 47.5 Å². The van der Waals surface area contributed by atoms with Crippen LogP contribution < -0.4 is 15.8 Å². The number of hydrogen-bond donors (Lipinski definition) is 2. The van der Waals surface area contributed by atoms with Crippen molar-refractivity contribution in [1.29, 1.82) is 0 Å². The topological polar surface area (TPSA) is 90.9 Å². The molecule has 0 saturated carbocycles. The Balaban J connectivity index is 1.64. The second-order valence-electron chi connectivity index (χ2n) is 6.76. The first-order valence-electron chi connectivity index (χ1n) is 9.24. The Bertz CT molecular complexity index is 922. The van der Waals surface area contributed by atoms with Crippen molar-refractivity contribution in [2.24, 2.45) is 5.92 Å². The molecule has 1 aliphatic rings. The van der Waals surface area contributed by atoms with E-state index in [1.165, 1.54) is 19.2 Å². The van der Waals surface area contributed by atoms with Crippen LogP contribution in [-0.4, -0.2) is 39.7 Å². The van der Waals surface area contributed by atoms with Crippen molar-refractivity contribution in [3.63, 3.8) is 0 Å². The molecular formula is C19H24N6OS. The van der Waals surface area contributed by atoms with Crippen LogP contribution in [0.5, 0.6) is 5.75 Å². The van der Waals surface area contributed by atoms with E-state index in [-0.39, 0.29) is 0 Å². The molecule has 3 heterocycles. The number of hydrogen-bond acceptors (Lipinski definition) is 7. The number of piperidine rings is 1. The maximum absolute atomic E-state index is 6.05. The Kier molecular flexibility index (Phi) is 5.45. The minimum atomic E-state index is 0.422. The third-order valence-corrected chi connectivity index (χ3v) is 5.92. The van der Waals surface area contributed by atoms with E-state index >= 15 is 0 Å². The Hall–Kier alpha value is -2.32. The lowest BCUT2D eigenvalue weighted by atomic mass is 9.96. The molecular weight excluding hydrogens is 360 g/mol. The van der Waals surface area contributed by atoms with Crippen molar-refractivity contribution < 1.29 is 4.74 Å². The molecule has 0 aliphatic carbocycles. The number of rotatable bonds is 6. The first-order chi connectivity index (χ1) is 13.2. The number of anilines is 1. The molecule has 1 saturated heterocycles. The molecule has 2 aromatic heterocycles. The van der Waals surface area contributed by atoms with E-state index < -0.39 is 0 Å². The van der Waals surface area contributed by atoms with Crippen LogP contribution >= 0.6 is 11.8 Å². The largest absolute Gasteiger partial charge is 0.497 e. The molecule has 3 N–H and O–H groups in total. The molecule has 142 valence electrons. The Morgan fingerprint density at radius 2 is 2.30 bits per heavy atom. The predicted molar refractivity (Wildman–Crippen MR) is 107 cm³/mol. The van der Waals surface area contributed by atoms with Gasteiger partial charge in [-0.25, -0.2) is 15.0 Å². The predicted octanol–water partition coefficient (Wildman–Crippen LogP) is 2.96. The van der Waals surface area contributed by atoms with E-state index in [0.29, 0.717) is 17.3 Å². The van der Waals surface area contributed by atoms with Gasteiger partial charge in [0.25, 0.3) is 0 Å². The molecule has 7 nitrogen and oxygen atoms in total. The molecule has 1 aliphatic heterocycles. The van der Waals surface area contributed by atoms with Gasteiger partial charge in [-0.1, -0.05) is 17.8 Å². The van der Waals surface area contributed by atoms with Crippen LogP contribution in [0.2, 0.25) is 0 Å². The zero-order valence-electron chi connectivity index (χ0n) is 15.4. The average Bonchev–Trinajstić information content (AvgIpc) is 3.06. The first-order valence-corrected chi connectivity index (χ1v) is 10.1. The summed E-state index contributed by atoms with van der Waals surface area (Å²) in [5.74, 6) is 1.94. The second kappa shape index (κ2) is 8.14. The van der Waals surface area contributed by atoms with Crippen LogP contribution in [0.4, 0.5) is 5.82 Å². The fraction of sp³-hybridized carbons (Fsp3) is 0.421. The van der Waals surface area contributed by atoms with Crippen molar-refractivity contribution in [2.75, 3.05) is 25.9 Å². The van der Waals surface area contributed by atoms with Gasteiger partial charge >= 0.3 is 0 Å². The smallest absolute Gasteiger partial charge is 0.175 e. The van der Waals surface area contributed by atoms with Gasteiger partial charge in [-0.15, -0.1) is 0 Å². The van der Waals surface area contributed by atoms with Crippen LogP contribution in [-0.2, 0) is 6.54 Å². The molecule has 8 heteroatoms. The Morgan fingerprint density at radius 1 is 1.37 bits per heavy atom. The number of imidazole rings is 1. The van der Waals surface area contributed by atoms with Gasteiger partial charge in [0, 0.05) is 11.4 Å². The lowest BCUT2D eigenvalue weighted by Crippen LogP contribution is -2.30. The maximum atomic E-state index is 6.05. The summed E-state index contributed by atoms with van der Waals surface area (Å²) in [7, 11) is 1.67. The van der Waals surface area contributed by atoms with Crippen molar-refractivity contribution in [3.8, 4) is 5.75 Å². The zero-order valence-corrected chi connectivity index (χ0v) is 16.2. The Labute approximate surface area is 162 Å². The molecule has 1 fully saturated rings. The van der Waals surface area contributed by atoms with Gasteiger partial charge in [-0.05, 0) is 56.5 Å². The van der Waals surface area contributed by atoms with Gasteiger partial charge in [-0.2, -0.15) is 0 Å². The summed E-state index contributed by atoms with van der Waals surface area (Å²) in [6, 6.07) is 7.98. The molecule has 0 spiro atoms. The van der Waals surface area contributed by atoms with Gasteiger partial charge in [0.15, 0.2) is 22.1 Å². The van der Waals surface area contributed by atoms with Crippen LogP contribution in [0.15, 0.2) is 40.6 Å². The molecule has 27 heavy (non-hydrogen) atoms. The normalized spacial score (nSPS) is 17.3. The highest BCUT2D eigenvalue weighted by atomic mass is 32.2. The standard InChI is InChI=1S/C19H24N6OS/c1-26-14-5-2-6-15(10-14)27-19-24-16-17(20)22-12-23-18(16)25(19)9-7-13-4-3-8-21-11-13/h2,5-6,10,12-13,21H,3-4,7-9,11H2,1H3,(H2,20,22,23). The number of methoxy groups -OCH3 is 1. The number of nitrogens with one attached hydrogen (secondary N) is 1. The summed E-state index contributed by atoms with van der Waals surface area (Å²) >= 11 is 1.60. The highest BCUT2D eigenvalue weighted by Gasteiger charge is 2.19. The molecule has 0 radical (unpaired) electrons. The summed E-state index contributed by atoms with van der Waals surface area (Å²) in [4.78, 5) is 14.4. The van der Waals surface area contributed by atoms with Crippen molar-refractivity contribution >= 4 is 28.7 Å². The van der Waals surface area contributed by atoms with Crippen LogP contribution in [0.1, 0.15) is 19.3 Å².